The van der Waals surface area contributed by atoms with Crippen molar-refractivity contribution in [1.29, 1.82) is 0 Å². The van der Waals surface area contributed by atoms with Gasteiger partial charge in [0.25, 0.3) is 11.6 Å². The number of hydrogen-bond donors (Lipinski definition) is 3. The molecular weight excluding hydrogens is 248 g/mol. The van der Waals surface area contributed by atoms with E-state index in [1.165, 1.54) is 18.2 Å². The molecule has 1 aliphatic heterocycles. The van der Waals surface area contributed by atoms with Crippen molar-refractivity contribution in [2.75, 3.05) is 18.8 Å². The van der Waals surface area contributed by atoms with Gasteiger partial charge in [-0.15, -0.1) is 0 Å². The van der Waals surface area contributed by atoms with Crippen LogP contribution in [0.15, 0.2) is 18.2 Å². The van der Waals surface area contributed by atoms with E-state index in [4.69, 9.17) is 5.73 Å². The Bertz CT molecular complexity index is 498. The van der Waals surface area contributed by atoms with Gasteiger partial charge in [0.2, 0.25) is 0 Å². The minimum atomic E-state index is -0.589. The number of hydrogen-bond acceptors (Lipinski definition) is 5. The molecule has 1 heterocycles. The van der Waals surface area contributed by atoms with Crippen molar-refractivity contribution in [3.8, 4) is 0 Å². The SMILES string of the molecule is Nc1ccc(C(=O)NC2CCCNC2)cc1[N+](=O)[O-]. The van der Waals surface area contributed by atoms with E-state index in [-0.39, 0.29) is 28.9 Å². The second-order valence-electron chi connectivity index (χ2n) is 4.55. The zero-order chi connectivity index (χ0) is 13.8. The van der Waals surface area contributed by atoms with Crippen LogP contribution in [0.2, 0.25) is 0 Å². The molecule has 1 fully saturated rings. The molecule has 0 saturated carbocycles. The first-order valence-corrected chi connectivity index (χ1v) is 6.13. The molecule has 0 bridgehead atoms. The number of piperidine rings is 1. The fourth-order valence-electron chi connectivity index (χ4n) is 2.09. The molecule has 0 aliphatic carbocycles. The second-order valence-corrected chi connectivity index (χ2v) is 4.55. The number of anilines is 1. The molecule has 0 spiro atoms. The van der Waals surface area contributed by atoms with Crippen molar-refractivity contribution in [1.82, 2.24) is 10.6 Å². The smallest absolute Gasteiger partial charge is 0.292 e. The maximum absolute atomic E-state index is 12.0. The van der Waals surface area contributed by atoms with Gasteiger partial charge in [-0.2, -0.15) is 0 Å². The standard InChI is InChI=1S/C12H16N4O3/c13-10-4-3-8(6-11(10)16(18)19)12(17)15-9-2-1-5-14-7-9/h3-4,6,9,14H,1-2,5,7,13H2,(H,15,17). The van der Waals surface area contributed by atoms with Crippen LogP contribution in [0, 0.1) is 10.1 Å². The Morgan fingerprint density at radius 1 is 1.53 bits per heavy atom. The van der Waals surface area contributed by atoms with Crippen molar-refractivity contribution >= 4 is 17.3 Å². The van der Waals surface area contributed by atoms with E-state index in [0.717, 1.165) is 25.9 Å². The summed E-state index contributed by atoms with van der Waals surface area (Å²) in [4.78, 5) is 22.2. The molecule has 1 atom stereocenters. The van der Waals surface area contributed by atoms with Crippen LogP contribution in [0.1, 0.15) is 23.2 Å². The highest BCUT2D eigenvalue weighted by Crippen LogP contribution is 2.22. The van der Waals surface area contributed by atoms with E-state index in [1.54, 1.807) is 0 Å². The molecule has 1 amide bonds. The van der Waals surface area contributed by atoms with Gasteiger partial charge >= 0.3 is 0 Å². The highest BCUT2D eigenvalue weighted by atomic mass is 16.6. The van der Waals surface area contributed by atoms with Crippen molar-refractivity contribution in [3.05, 3.63) is 33.9 Å². The summed E-state index contributed by atoms with van der Waals surface area (Å²) < 4.78 is 0. The van der Waals surface area contributed by atoms with E-state index < -0.39 is 4.92 Å². The lowest BCUT2D eigenvalue weighted by molar-refractivity contribution is -0.383. The number of amides is 1. The van der Waals surface area contributed by atoms with E-state index in [2.05, 4.69) is 10.6 Å². The average Bonchev–Trinajstić information content (AvgIpc) is 2.40. The summed E-state index contributed by atoms with van der Waals surface area (Å²) >= 11 is 0. The molecule has 1 aromatic rings. The summed E-state index contributed by atoms with van der Waals surface area (Å²) in [5.74, 6) is -0.309. The molecule has 7 heteroatoms. The van der Waals surface area contributed by atoms with Gasteiger partial charge in [-0.05, 0) is 31.5 Å². The molecule has 2 rings (SSSR count). The first kappa shape index (κ1) is 13.3. The average molecular weight is 264 g/mol. The lowest BCUT2D eigenvalue weighted by Crippen LogP contribution is -2.45. The summed E-state index contributed by atoms with van der Waals surface area (Å²) in [6.07, 6.45) is 1.92. The Kier molecular flexibility index (Phi) is 3.96. The minimum absolute atomic E-state index is 0.0564. The topological polar surface area (TPSA) is 110 Å². The van der Waals surface area contributed by atoms with Gasteiger partial charge in [-0.25, -0.2) is 0 Å². The molecule has 4 N–H and O–H groups in total. The molecule has 1 aromatic carbocycles. The molecule has 7 nitrogen and oxygen atoms in total. The van der Waals surface area contributed by atoms with E-state index >= 15 is 0 Å². The lowest BCUT2D eigenvalue weighted by Gasteiger charge is -2.23. The number of nitrogens with zero attached hydrogens (tertiary/aromatic N) is 1. The Morgan fingerprint density at radius 2 is 2.32 bits per heavy atom. The Hall–Kier alpha value is -2.15. The number of rotatable bonds is 3. The molecule has 1 unspecified atom stereocenters. The number of nitro benzene ring substituents is 1. The third kappa shape index (κ3) is 3.19. The zero-order valence-electron chi connectivity index (χ0n) is 10.4. The predicted molar refractivity (Wildman–Crippen MR) is 70.9 cm³/mol. The molecule has 19 heavy (non-hydrogen) atoms. The highest BCUT2D eigenvalue weighted by molar-refractivity contribution is 5.95. The molecular formula is C12H16N4O3. The molecule has 0 radical (unpaired) electrons. The molecule has 102 valence electrons. The Balaban J connectivity index is 2.10. The van der Waals surface area contributed by atoms with Crippen LogP contribution in [0.5, 0.6) is 0 Å². The van der Waals surface area contributed by atoms with Crippen molar-refractivity contribution < 1.29 is 9.72 Å². The number of carbonyl (C=O) groups is 1. The van der Waals surface area contributed by atoms with Crippen LogP contribution >= 0.6 is 0 Å². The zero-order valence-corrected chi connectivity index (χ0v) is 10.4. The second kappa shape index (κ2) is 5.66. The van der Waals surface area contributed by atoms with E-state index in [9.17, 15) is 14.9 Å². The van der Waals surface area contributed by atoms with Gasteiger partial charge in [0.15, 0.2) is 0 Å². The summed E-state index contributed by atoms with van der Waals surface area (Å²) in [7, 11) is 0. The largest absolute Gasteiger partial charge is 0.393 e. The summed E-state index contributed by atoms with van der Waals surface area (Å²) in [6.45, 7) is 1.68. The molecule has 1 saturated heterocycles. The Labute approximate surface area is 110 Å². The number of nitro groups is 1. The summed E-state index contributed by atoms with van der Waals surface area (Å²) in [5.41, 5.74) is 5.56. The third-order valence-corrected chi connectivity index (χ3v) is 3.12. The quantitative estimate of drug-likeness (QED) is 0.422. The van der Waals surface area contributed by atoms with Crippen molar-refractivity contribution in [2.24, 2.45) is 0 Å². The number of nitrogen functional groups attached to an aromatic ring is 1. The summed E-state index contributed by atoms with van der Waals surface area (Å²) in [5, 5.41) is 16.8. The third-order valence-electron chi connectivity index (χ3n) is 3.12. The number of nitrogens with one attached hydrogen (secondary N) is 2. The normalized spacial score (nSPS) is 18.8. The fraction of sp³-hybridized carbons (Fsp3) is 0.417. The number of carbonyl (C=O) groups excluding carboxylic acids is 1. The van der Waals surface area contributed by atoms with Gasteiger partial charge in [0.05, 0.1) is 4.92 Å². The van der Waals surface area contributed by atoms with Gasteiger partial charge in [0, 0.05) is 24.2 Å². The van der Waals surface area contributed by atoms with Crippen molar-refractivity contribution in [2.45, 2.75) is 18.9 Å². The lowest BCUT2D eigenvalue weighted by atomic mass is 10.1. The number of nitrogens with two attached hydrogens (primary N) is 1. The van der Waals surface area contributed by atoms with Gasteiger partial charge in [0.1, 0.15) is 5.69 Å². The van der Waals surface area contributed by atoms with Gasteiger partial charge in [-0.1, -0.05) is 0 Å². The van der Waals surface area contributed by atoms with E-state index in [0.29, 0.717) is 0 Å². The van der Waals surface area contributed by atoms with Crippen LogP contribution in [-0.2, 0) is 0 Å². The first-order chi connectivity index (χ1) is 9.08. The maximum Gasteiger partial charge on any atom is 0.292 e. The van der Waals surface area contributed by atoms with Crippen LogP contribution < -0.4 is 16.4 Å². The predicted octanol–water partition coefficient (Wildman–Crippen LogP) is 0.659. The number of benzene rings is 1. The monoisotopic (exact) mass is 264 g/mol. The molecule has 0 aromatic heterocycles. The van der Waals surface area contributed by atoms with E-state index in [1.807, 2.05) is 0 Å². The Morgan fingerprint density at radius 3 is 2.95 bits per heavy atom. The van der Waals surface area contributed by atoms with Gasteiger partial charge < -0.3 is 16.4 Å². The van der Waals surface area contributed by atoms with Crippen molar-refractivity contribution in [3.63, 3.8) is 0 Å². The molecule has 1 aliphatic rings. The first-order valence-electron chi connectivity index (χ1n) is 6.13. The fourth-order valence-corrected chi connectivity index (χ4v) is 2.09. The highest BCUT2D eigenvalue weighted by Gasteiger charge is 2.19. The summed E-state index contributed by atoms with van der Waals surface area (Å²) in [6, 6.07) is 4.15. The van der Waals surface area contributed by atoms with Gasteiger partial charge in [-0.3, -0.25) is 14.9 Å². The van der Waals surface area contributed by atoms with Crippen LogP contribution in [0.25, 0.3) is 0 Å². The maximum atomic E-state index is 12.0. The van der Waals surface area contributed by atoms with Crippen LogP contribution in [0.3, 0.4) is 0 Å². The van der Waals surface area contributed by atoms with Crippen LogP contribution in [-0.4, -0.2) is 30.0 Å². The van der Waals surface area contributed by atoms with Crippen LogP contribution in [0.4, 0.5) is 11.4 Å². The minimum Gasteiger partial charge on any atom is -0.393 e.